The van der Waals surface area contributed by atoms with E-state index in [0.29, 0.717) is 22.3 Å². The van der Waals surface area contributed by atoms with Gasteiger partial charge in [-0.3, -0.25) is 30.0 Å². The Bertz CT molecular complexity index is 1180. The van der Waals surface area contributed by atoms with Crippen molar-refractivity contribution in [3.05, 3.63) is 96.6 Å². The third-order valence-corrected chi connectivity index (χ3v) is 5.05. The second-order valence-electron chi connectivity index (χ2n) is 6.87. The Kier molecular flexibility index (Phi) is 5.98. The van der Waals surface area contributed by atoms with Gasteiger partial charge in [0.2, 0.25) is 0 Å². The fourth-order valence-electron chi connectivity index (χ4n) is 3.50. The summed E-state index contributed by atoms with van der Waals surface area (Å²) in [5.41, 5.74) is 8.27. The van der Waals surface area contributed by atoms with Gasteiger partial charge in [0.25, 0.3) is 11.8 Å². The smallest absolute Gasteiger partial charge is 0.275 e. The zero-order chi connectivity index (χ0) is 22.5. The molecule has 4 N–H and O–H groups in total. The van der Waals surface area contributed by atoms with Gasteiger partial charge in [0.15, 0.2) is 0 Å². The minimum atomic E-state index is -0.629. The lowest BCUT2D eigenvalue weighted by Crippen LogP contribution is -2.19. The van der Waals surface area contributed by atoms with E-state index in [1.54, 1.807) is 84.3 Å². The summed E-state index contributed by atoms with van der Waals surface area (Å²) in [7, 11) is 0. The molecule has 0 saturated heterocycles. The quantitative estimate of drug-likeness (QED) is 0.285. The number of aromatic nitrogens is 2. The fourth-order valence-corrected chi connectivity index (χ4v) is 3.50. The molecular weight excluding hydrogens is 408 g/mol. The van der Waals surface area contributed by atoms with Gasteiger partial charge < -0.3 is 0 Å². The van der Waals surface area contributed by atoms with Gasteiger partial charge in [0, 0.05) is 35.9 Å². The first-order chi connectivity index (χ1) is 15.6. The SMILES string of the molecule is O=C(NO)c1ccc(-c2ccc(C(=O)NO)c(-c3ccncc3)c2)cc1-c1ccncc1. The number of hydroxylamine groups is 2. The van der Waals surface area contributed by atoms with Crippen LogP contribution in [0.15, 0.2) is 85.5 Å². The van der Waals surface area contributed by atoms with Crippen LogP contribution in [0.25, 0.3) is 33.4 Å². The number of rotatable bonds is 5. The molecule has 0 spiro atoms. The topological polar surface area (TPSA) is 124 Å². The molecule has 158 valence electrons. The summed E-state index contributed by atoms with van der Waals surface area (Å²) < 4.78 is 0. The maximum absolute atomic E-state index is 12.2. The van der Waals surface area contributed by atoms with Crippen LogP contribution in [-0.4, -0.2) is 32.2 Å². The van der Waals surface area contributed by atoms with E-state index in [-0.39, 0.29) is 0 Å². The molecule has 32 heavy (non-hydrogen) atoms. The van der Waals surface area contributed by atoms with Gasteiger partial charge >= 0.3 is 0 Å². The van der Waals surface area contributed by atoms with E-state index in [0.717, 1.165) is 22.3 Å². The van der Waals surface area contributed by atoms with Gasteiger partial charge in [-0.1, -0.05) is 12.1 Å². The number of hydrogen-bond acceptors (Lipinski definition) is 6. The van der Waals surface area contributed by atoms with Crippen LogP contribution < -0.4 is 11.0 Å². The highest BCUT2D eigenvalue weighted by Crippen LogP contribution is 2.33. The molecule has 0 bridgehead atoms. The van der Waals surface area contributed by atoms with Gasteiger partial charge in [0.05, 0.1) is 0 Å². The molecule has 0 unspecified atom stereocenters. The first-order valence-electron chi connectivity index (χ1n) is 9.60. The van der Waals surface area contributed by atoms with E-state index in [4.69, 9.17) is 10.4 Å². The monoisotopic (exact) mass is 426 g/mol. The van der Waals surface area contributed by atoms with Crippen LogP contribution >= 0.6 is 0 Å². The molecule has 0 atom stereocenters. The van der Waals surface area contributed by atoms with Crippen LogP contribution in [0.5, 0.6) is 0 Å². The van der Waals surface area contributed by atoms with Crippen molar-refractivity contribution in [3.63, 3.8) is 0 Å². The standard InChI is InChI=1S/C24H18N4O4/c29-23(27-31)19-3-1-17(13-21(19)15-5-9-25-10-6-15)18-2-4-20(24(30)28-32)22(14-18)16-7-11-26-12-8-16/h1-14,31-32H,(H,27,29)(H,28,30). The lowest BCUT2D eigenvalue weighted by molar-refractivity contribution is 0.0702. The van der Waals surface area contributed by atoms with Crippen molar-refractivity contribution >= 4 is 11.8 Å². The Balaban J connectivity index is 1.88. The highest BCUT2D eigenvalue weighted by atomic mass is 16.5. The molecule has 2 aromatic heterocycles. The van der Waals surface area contributed by atoms with Gasteiger partial charge in [-0.05, 0) is 81.9 Å². The number of carbonyl (C=O) groups is 2. The molecule has 2 heterocycles. The van der Waals surface area contributed by atoms with Gasteiger partial charge in [0.1, 0.15) is 0 Å². The molecular formula is C24H18N4O4. The second kappa shape index (κ2) is 9.17. The average Bonchev–Trinajstić information content (AvgIpc) is 2.88. The van der Waals surface area contributed by atoms with E-state index in [1.807, 2.05) is 12.1 Å². The molecule has 8 heteroatoms. The Hall–Kier alpha value is -4.40. The molecule has 8 nitrogen and oxygen atoms in total. The van der Waals surface area contributed by atoms with Crippen molar-refractivity contribution in [1.82, 2.24) is 20.9 Å². The highest BCUT2D eigenvalue weighted by molar-refractivity contribution is 6.03. The maximum Gasteiger partial charge on any atom is 0.275 e. The summed E-state index contributed by atoms with van der Waals surface area (Å²) in [5, 5.41) is 18.3. The van der Waals surface area contributed by atoms with Crippen LogP contribution in [0, 0.1) is 0 Å². The van der Waals surface area contributed by atoms with Crippen LogP contribution in [0.3, 0.4) is 0 Å². The molecule has 2 aromatic carbocycles. The Labute approximate surface area is 183 Å². The predicted octanol–water partition coefficient (Wildman–Crippen LogP) is 3.72. The number of benzene rings is 2. The number of nitrogens with one attached hydrogen (secondary N) is 2. The van der Waals surface area contributed by atoms with Crippen molar-refractivity contribution in [3.8, 4) is 33.4 Å². The zero-order valence-corrected chi connectivity index (χ0v) is 16.7. The average molecular weight is 426 g/mol. The summed E-state index contributed by atoms with van der Waals surface area (Å²) in [4.78, 5) is 32.4. The molecule has 0 fully saturated rings. The Morgan fingerprint density at radius 2 is 0.938 bits per heavy atom. The van der Waals surface area contributed by atoms with Crippen LogP contribution in [-0.2, 0) is 0 Å². The van der Waals surface area contributed by atoms with Gasteiger partial charge in [-0.2, -0.15) is 0 Å². The molecule has 2 amide bonds. The summed E-state index contributed by atoms with van der Waals surface area (Å²) >= 11 is 0. The molecule has 0 aliphatic carbocycles. The number of nitrogens with zero attached hydrogens (tertiary/aromatic N) is 2. The number of amides is 2. The van der Waals surface area contributed by atoms with Crippen LogP contribution in [0.1, 0.15) is 20.7 Å². The molecule has 0 radical (unpaired) electrons. The van der Waals surface area contributed by atoms with Crippen molar-refractivity contribution in [2.45, 2.75) is 0 Å². The summed E-state index contributed by atoms with van der Waals surface area (Å²) in [6.07, 6.45) is 6.47. The van der Waals surface area contributed by atoms with Crippen molar-refractivity contribution in [2.75, 3.05) is 0 Å². The molecule has 0 aliphatic rings. The van der Waals surface area contributed by atoms with Crippen LogP contribution in [0.2, 0.25) is 0 Å². The van der Waals surface area contributed by atoms with Crippen LogP contribution in [0.4, 0.5) is 0 Å². The molecule has 4 rings (SSSR count). The summed E-state index contributed by atoms with van der Waals surface area (Å²) in [6, 6.07) is 17.5. The predicted molar refractivity (Wildman–Crippen MR) is 117 cm³/mol. The van der Waals surface area contributed by atoms with Gasteiger partial charge in [-0.25, -0.2) is 11.0 Å². The number of pyridine rings is 2. The maximum atomic E-state index is 12.2. The number of carbonyl (C=O) groups excluding carboxylic acids is 2. The molecule has 0 saturated carbocycles. The largest absolute Gasteiger partial charge is 0.288 e. The van der Waals surface area contributed by atoms with Crippen molar-refractivity contribution < 1.29 is 20.0 Å². The second-order valence-corrected chi connectivity index (χ2v) is 6.87. The fraction of sp³-hybridized carbons (Fsp3) is 0. The highest BCUT2D eigenvalue weighted by Gasteiger charge is 2.17. The molecule has 4 aromatic rings. The van der Waals surface area contributed by atoms with Crippen molar-refractivity contribution in [1.29, 1.82) is 0 Å². The van der Waals surface area contributed by atoms with E-state index >= 15 is 0 Å². The molecule has 0 aliphatic heterocycles. The van der Waals surface area contributed by atoms with E-state index in [9.17, 15) is 9.59 Å². The zero-order valence-electron chi connectivity index (χ0n) is 16.7. The minimum absolute atomic E-state index is 0.299. The summed E-state index contributed by atoms with van der Waals surface area (Å²) in [6.45, 7) is 0. The Morgan fingerprint density at radius 3 is 1.28 bits per heavy atom. The Morgan fingerprint density at radius 1 is 0.562 bits per heavy atom. The van der Waals surface area contributed by atoms with E-state index in [1.165, 1.54) is 0 Å². The minimum Gasteiger partial charge on any atom is -0.288 e. The third kappa shape index (κ3) is 4.08. The summed E-state index contributed by atoms with van der Waals surface area (Å²) in [5.74, 6) is -1.26. The van der Waals surface area contributed by atoms with Crippen molar-refractivity contribution in [2.24, 2.45) is 0 Å². The first kappa shape index (κ1) is 20.9. The first-order valence-corrected chi connectivity index (χ1v) is 9.60. The third-order valence-electron chi connectivity index (χ3n) is 5.05. The van der Waals surface area contributed by atoms with Gasteiger partial charge in [-0.15, -0.1) is 0 Å². The number of hydrogen-bond donors (Lipinski definition) is 4. The van der Waals surface area contributed by atoms with E-state index < -0.39 is 11.8 Å². The van der Waals surface area contributed by atoms with E-state index in [2.05, 4.69) is 9.97 Å². The normalized spacial score (nSPS) is 10.4. The lowest BCUT2D eigenvalue weighted by atomic mass is 9.91. The lowest BCUT2D eigenvalue weighted by Gasteiger charge is -2.14.